The van der Waals surface area contributed by atoms with E-state index in [0.29, 0.717) is 6.42 Å². The molecule has 0 bridgehead atoms. The van der Waals surface area contributed by atoms with E-state index in [4.69, 9.17) is 9.78 Å². The van der Waals surface area contributed by atoms with Crippen molar-refractivity contribution in [3.05, 3.63) is 0 Å². The molecule has 1 N–H and O–H groups in total. The third-order valence-electron chi connectivity index (χ3n) is 2.54. The Balaban J connectivity index is 3.44. The van der Waals surface area contributed by atoms with E-state index in [1.165, 1.54) is 12.8 Å². The average Bonchev–Trinajstić information content (AvgIpc) is 2.22. The van der Waals surface area contributed by atoms with Crippen LogP contribution in [0.25, 0.3) is 0 Å². The van der Waals surface area contributed by atoms with Gasteiger partial charge in [-0.25, -0.2) is 9.78 Å². The van der Waals surface area contributed by atoms with Crippen molar-refractivity contribution in [2.45, 2.75) is 78.1 Å². The summed E-state index contributed by atoms with van der Waals surface area (Å²) in [5.41, 5.74) is -0.315. The lowest BCUT2D eigenvalue weighted by Crippen LogP contribution is -2.26. The van der Waals surface area contributed by atoms with Crippen LogP contribution >= 0.6 is 0 Å². The van der Waals surface area contributed by atoms with Crippen LogP contribution in [0.5, 0.6) is 0 Å². The molecule has 0 aliphatic heterocycles. The first-order valence-corrected chi connectivity index (χ1v) is 6.04. The third kappa shape index (κ3) is 8.85. The number of unbranched alkanes of at least 4 members (excludes halogenated alkanes) is 3. The van der Waals surface area contributed by atoms with Gasteiger partial charge in [0.05, 0.1) is 5.60 Å². The number of aliphatic hydroxyl groups is 1. The lowest BCUT2D eigenvalue weighted by Gasteiger charge is -2.23. The van der Waals surface area contributed by atoms with Gasteiger partial charge in [0.15, 0.2) is 6.29 Å². The van der Waals surface area contributed by atoms with Crippen molar-refractivity contribution in [1.82, 2.24) is 0 Å². The summed E-state index contributed by atoms with van der Waals surface area (Å²) in [6.45, 7) is 8.07. The standard InChI is InChI=1S/C12H26O3/c1-5-7-8-9-10-11(13)14-15-12(3,4)6-2/h11,13H,5-10H2,1-4H3. The molecule has 0 heterocycles. The van der Waals surface area contributed by atoms with Crippen molar-refractivity contribution in [2.75, 3.05) is 0 Å². The van der Waals surface area contributed by atoms with Gasteiger partial charge in [-0.2, -0.15) is 0 Å². The summed E-state index contributed by atoms with van der Waals surface area (Å²) in [6, 6.07) is 0. The Labute approximate surface area is 93.7 Å². The van der Waals surface area contributed by atoms with Gasteiger partial charge >= 0.3 is 0 Å². The summed E-state index contributed by atoms with van der Waals surface area (Å²) in [4.78, 5) is 10.1. The summed E-state index contributed by atoms with van der Waals surface area (Å²) >= 11 is 0. The number of hydrogen-bond acceptors (Lipinski definition) is 3. The van der Waals surface area contributed by atoms with E-state index in [1.807, 2.05) is 20.8 Å². The maximum Gasteiger partial charge on any atom is 0.188 e. The van der Waals surface area contributed by atoms with Crippen LogP contribution in [0.4, 0.5) is 0 Å². The summed E-state index contributed by atoms with van der Waals surface area (Å²) in [5.74, 6) is 0. The predicted octanol–water partition coefficient (Wildman–Crippen LogP) is 3.41. The second-order valence-corrected chi connectivity index (χ2v) is 4.60. The molecule has 0 fully saturated rings. The molecule has 0 rings (SSSR count). The van der Waals surface area contributed by atoms with E-state index in [0.717, 1.165) is 19.3 Å². The second kappa shape index (κ2) is 8.08. The Kier molecular flexibility index (Phi) is 8.02. The maximum absolute atomic E-state index is 9.46. The Morgan fingerprint density at radius 2 is 1.80 bits per heavy atom. The minimum atomic E-state index is -0.785. The molecular weight excluding hydrogens is 192 g/mol. The predicted molar refractivity (Wildman–Crippen MR) is 61.3 cm³/mol. The second-order valence-electron chi connectivity index (χ2n) is 4.60. The molecule has 0 amide bonds. The van der Waals surface area contributed by atoms with Crippen LogP contribution in [0.3, 0.4) is 0 Å². The highest BCUT2D eigenvalue weighted by Gasteiger charge is 2.18. The van der Waals surface area contributed by atoms with Gasteiger partial charge in [-0.15, -0.1) is 0 Å². The topological polar surface area (TPSA) is 38.7 Å². The van der Waals surface area contributed by atoms with E-state index in [-0.39, 0.29) is 5.60 Å². The van der Waals surface area contributed by atoms with Crippen LogP contribution in [0.15, 0.2) is 0 Å². The molecule has 0 radical (unpaired) electrons. The summed E-state index contributed by atoms with van der Waals surface area (Å²) < 4.78 is 0. The van der Waals surface area contributed by atoms with Crippen molar-refractivity contribution in [3.63, 3.8) is 0 Å². The Morgan fingerprint density at radius 1 is 1.13 bits per heavy atom. The Bertz CT molecular complexity index is 146. The van der Waals surface area contributed by atoms with Crippen molar-refractivity contribution in [3.8, 4) is 0 Å². The smallest absolute Gasteiger partial charge is 0.188 e. The van der Waals surface area contributed by atoms with Crippen LogP contribution in [0, 0.1) is 0 Å². The molecule has 0 aromatic rings. The molecule has 0 aliphatic carbocycles. The normalized spacial score (nSPS) is 14.2. The molecule has 0 aromatic heterocycles. The molecule has 3 heteroatoms. The zero-order valence-electron chi connectivity index (χ0n) is 10.6. The number of rotatable bonds is 9. The summed E-state index contributed by atoms with van der Waals surface area (Å²) in [5, 5.41) is 9.46. The van der Waals surface area contributed by atoms with Gasteiger partial charge in [-0.3, -0.25) is 0 Å². The lowest BCUT2D eigenvalue weighted by molar-refractivity contribution is -0.413. The van der Waals surface area contributed by atoms with Crippen molar-refractivity contribution < 1.29 is 14.9 Å². The molecule has 1 unspecified atom stereocenters. The van der Waals surface area contributed by atoms with Gasteiger partial charge in [0.1, 0.15) is 0 Å². The molecule has 0 spiro atoms. The zero-order chi connectivity index (χ0) is 11.7. The van der Waals surface area contributed by atoms with Crippen molar-refractivity contribution in [2.24, 2.45) is 0 Å². The molecule has 0 aromatic carbocycles. The first kappa shape index (κ1) is 14.9. The molecule has 92 valence electrons. The number of hydrogen-bond donors (Lipinski definition) is 1. The lowest BCUT2D eigenvalue weighted by atomic mass is 10.1. The minimum Gasteiger partial charge on any atom is -0.366 e. The first-order valence-electron chi connectivity index (χ1n) is 6.04. The summed E-state index contributed by atoms with van der Waals surface area (Å²) in [6.07, 6.45) is 5.28. The van der Waals surface area contributed by atoms with Gasteiger partial charge in [-0.1, -0.05) is 33.1 Å². The fourth-order valence-corrected chi connectivity index (χ4v) is 1.04. The molecule has 0 saturated heterocycles. The van der Waals surface area contributed by atoms with Crippen LogP contribution in [0.1, 0.15) is 66.2 Å². The van der Waals surface area contributed by atoms with E-state index >= 15 is 0 Å². The van der Waals surface area contributed by atoms with Crippen molar-refractivity contribution >= 4 is 0 Å². The van der Waals surface area contributed by atoms with E-state index < -0.39 is 6.29 Å². The van der Waals surface area contributed by atoms with Gasteiger partial charge < -0.3 is 5.11 Å². The minimum absolute atomic E-state index is 0.315. The number of aliphatic hydroxyl groups excluding tert-OH is 1. The Morgan fingerprint density at radius 3 is 2.33 bits per heavy atom. The highest BCUT2D eigenvalue weighted by atomic mass is 17.2. The molecule has 3 nitrogen and oxygen atoms in total. The molecule has 1 atom stereocenters. The fourth-order valence-electron chi connectivity index (χ4n) is 1.04. The monoisotopic (exact) mass is 218 g/mol. The van der Waals surface area contributed by atoms with Crippen LogP contribution < -0.4 is 0 Å². The quantitative estimate of drug-likeness (QED) is 0.279. The van der Waals surface area contributed by atoms with Crippen molar-refractivity contribution in [1.29, 1.82) is 0 Å². The van der Waals surface area contributed by atoms with Crippen LogP contribution in [-0.2, 0) is 9.78 Å². The average molecular weight is 218 g/mol. The van der Waals surface area contributed by atoms with Gasteiger partial charge in [0.2, 0.25) is 0 Å². The van der Waals surface area contributed by atoms with Gasteiger partial charge in [0, 0.05) is 6.42 Å². The molecular formula is C12H26O3. The van der Waals surface area contributed by atoms with E-state index in [2.05, 4.69) is 6.92 Å². The van der Waals surface area contributed by atoms with E-state index in [1.54, 1.807) is 0 Å². The molecule has 0 saturated carbocycles. The van der Waals surface area contributed by atoms with Gasteiger partial charge in [0.25, 0.3) is 0 Å². The molecule has 0 aliphatic rings. The van der Waals surface area contributed by atoms with E-state index in [9.17, 15) is 5.11 Å². The largest absolute Gasteiger partial charge is 0.366 e. The third-order valence-corrected chi connectivity index (χ3v) is 2.54. The highest BCUT2D eigenvalue weighted by molar-refractivity contribution is 4.62. The van der Waals surface area contributed by atoms with Crippen LogP contribution in [0.2, 0.25) is 0 Å². The maximum atomic E-state index is 9.46. The SMILES string of the molecule is CCCCCCC(O)OOC(C)(C)CC. The Hall–Kier alpha value is -0.120. The molecule has 15 heavy (non-hydrogen) atoms. The fraction of sp³-hybridized carbons (Fsp3) is 1.00. The summed E-state index contributed by atoms with van der Waals surface area (Å²) in [7, 11) is 0. The van der Waals surface area contributed by atoms with Crippen LogP contribution in [-0.4, -0.2) is 17.0 Å². The zero-order valence-corrected chi connectivity index (χ0v) is 10.6. The first-order chi connectivity index (χ1) is 7.02. The van der Waals surface area contributed by atoms with Gasteiger partial charge in [-0.05, 0) is 26.7 Å². The highest BCUT2D eigenvalue weighted by Crippen LogP contribution is 2.16.